The summed E-state index contributed by atoms with van der Waals surface area (Å²) < 4.78 is 0. The largest absolute Gasteiger partial charge is 0.344 e. The Morgan fingerprint density at radius 2 is 2.35 bits per heavy atom. The van der Waals surface area contributed by atoms with Gasteiger partial charge in [0.25, 0.3) is 5.91 Å². The van der Waals surface area contributed by atoms with E-state index in [-0.39, 0.29) is 11.9 Å². The van der Waals surface area contributed by atoms with Crippen molar-refractivity contribution in [3.05, 3.63) is 50.9 Å². The molecular weight excluding hydrogens is 294 g/mol. The van der Waals surface area contributed by atoms with Gasteiger partial charge in [-0.15, -0.1) is 11.3 Å². The number of aromatic nitrogens is 1. The fourth-order valence-electron chi connectivity index (χ4n) is 1.78. The summed E-state index contributed by atoms with van der Waals surface area (Å²) in [5, 5.41) is 6.20. The van der Waals surface area contributed by atoms with E-state index in [4.69, 9.17) is 17.3 Å². The molecule has 0 fully saturated rings. The fraction of sp³-hybridized carbons (Fsp3) is 0.286. The highest BCUT2D eigenvalue weighted by atomic mass is 35.5. The first-order valence-corrected chi connectivity index (χ1v) is 7.56. The van der Waals surface area contributed by atoms with E-state index in [0.29, 0.717) is 23.7 Å². The molecule has 0 aliphatic rings. The van der Waals surface area contributed by atoms with Gasteiger partial charge in [0, 0.05) is 16.8 Å². The molecule has 20 heavy (non-hydrogen) atoms. The minimum Gasteiger partial charge on any atom is -0.344 e. The Labute approximate surface area is 127 Å². The average Bonchev–Trinajstić information content (AvgIpc) is 2.88. The third-order valence-corrected chi connectivity index (χ3v) is 3.98. The monoisotopic (exact) mass is 309 g/mol. The number of hydrogen-bond acceptors (Lipinski definition) is 4. The summed E-state index contributed by atoms with van der Waals surface area (Å²) >= 11 is 7.40. The third-order valence-electron chi connectivity index (χ3n) is 2.84. The Morgan fingerprint density at radius 1 is 1.55 bits per heavy atom. The molecule has 4 nitrogen and oxygen atoms in total. The number of carbonyl (C=O) groups excluding carboxylic acids is 1. The van der Waals surface area contributed by atoms with Crippen molar-refractivity contribution < 1.29 is 4.79 Å². The predicted octanol–water partition coefficient (Wildman–Crippen LogP) is 2.79. The van der Waals surface area contributed by atoms with Gasteiger partial charge in [-0.05, 0) is 31.2 Å². The number of halogens is 1. The van der Waals surface area contributed by atoms with E-state index >= 15 is 0 Å². The van der Waals surface area contributed by atoms with Crippen molar-refractivity contribution in [1.82, 2.24) is 10.3 Å². The highest BCUT2D eigenvalue weighted by Gasteiger charge is 2.14. The van der Waals surface area contributed by atoms with Crippen LogP contribution in [-0.4, -0.2) is 17.4 Å². The first-order valence-electron chi connectivity index (χ1n) is 6.31. The zero-order valence-corrected chi connectivity index (χ0v) is 12.7. The standard InChI is InChI=1S/C14H16ClN3OS/c1-9(10-3-2-4-11(15)7-10)17-14(19)12-8-20-13(18-12)5-6-16/h2-4,7-9H,5-6,16H2,1H3,(H,17,19)/t9-/m0/s1. The molecule has 1 aromatic carbocycles. The number of nitrogens with two attached hydrogens (primary N) is 1. The second-order valence-electron chi connectivity index (χ2n) is 4.42. The van der Waals surface area contributed by atoms with Crippen molar-refractivity contribution >= 4 is 28.8 Å². The van der Waals surface area contributed by atoms with E-state index in [1.54, 1.807) is 11.4 Å². The van der Waals surface area contributed by atoms with E-state index in [1.807, 2.05) is 25.1 Å². The summed E-state index contributed by atoms with van der Waals surface area (Å²) in [6.45, 7) is 2.45. The third kappa shape index (κ3) is 3.79. The Hall–Kier alpha value is -1.43. The summed E-state index contributed by atoms with van der Waals surface area (Å²) in [6.07, 6.45) is 0.696. The molecule has 1 heterocycles. The zero-order valence-electron chi connectivity index (χ0n) is 11.1. The van der Waals surface area contributed by atoms with Crippen molar-refractivity contribution in [1.29, 1.82) is 0 Å². The highest BCUT2D eigenvalue weighted by molar-refractivity contribution is 7.09. The molecule has 106 valence electrons. The maximum Gasteiger partial charge on any atom is 0.271 e. The van der Waals surface area contributed by atoms with Crippen molar-refractivity contribution in [2.75, 3.05) is 6.54 Å². The number of nitrogens with one attached hydrogen (secondary N) is 1. The van der Waals surface area contributed by atoms with Gasteiger partial charge in [-0.2, -0.15) is 0 Å². The van der Waals surface area contributed by atoms with Crippen LogP contribution < -0.4 is 11.1 Å². The SMILES string of the molecule is C[C@H](NC(=O)c1csc(CCN)n1)c1cccc(Cl)c1. The normalized spacial score (nSPS) is 12.2. The molecule has 1 aromatic heterocycles. The molecular formula is C14H16ClN3OS. The topological polar surface area (TPSA) is 68.0 Å². The maximum absolute atomic E-state index is 12.1. The molecule has 0 aliphatic carbocycles. The minimum absolute atomic E-state index is 0.124. The number of nitrogens with zero attached hydrogens (tertiary/aromatic N) is 1. The van der Waals surface area contributed by atoms with Gasteiger partial charge in [0.05, 0.1) is 11.0 Å². The lowest BCUT2D eigenvalue weighted by atomic mass is 10.1. The van der Waals surface area contributed by atoms with Crippen LogP contribution >= 0.6 is 22.9 Å². The Morgan fingerprint density at radius 3 is 3.05 bits per heavy atom. The van der Waals surface area contributed by atoms with Crippen molar-refractivity contribution in [2.45, 2.75) is 19.4 Å². The van der Waals surface area contributed by atoms with Crippen LogP contribution in [0.2, 0.25) is 5.02 Å². The summed E-state index contributed by atoms with van der Waals surface area (Å²) in [7, 11) is 0. The number of hydrogen-bond donors (Lipinski definition) is 2. The lowest BCUT2D eigenvalue weighted by molar-refractivity contribution is 0.0935. The summed E-state index contributed by atoms with van der Waals surface area (Å²) in [5.41, 5.74) is 6.87. The lowest BCUT2D eigenvalue weighted by Crippen LogP contribution is -2.27. The number of rotatable bonds is 5. The number of amides is 1. The second kappa shape index (κ2) is 6.83. The van der Waals surface area contributed by atoms with E-state index in [2.05, 4.69) is 10.3 Å². The van der Waals surface area contributed by atoms with Crippen LogP contribution in [0.15, 0.2) is 29.6 Å². The molecule has 0 saturated heterocycles. The minimum atomic E-state index is -0.183. The molecule has 0 aliphatic heterocycles. The summed E-state index contributed by atoms with van der Waals surface area (Å²) in [4.78, 5) is 16.4. The van der Waals surface area contributed by atoms with Crippen LogP contribution in [0.3, 0.4) is 0 Å². The number of benzene rings is 1. The smallest absolute Gasteiger partial charge is 0.271 e. The molecule has 2 rings (SSSR count). The molecule has 3 N–H and O–H groups in total. The first-order chi connectivity index (χ1) is 9.60. The van der Waals surface area contributed by atoms with Crippen LogP contribution in [0, 0.1) is 0 Å². The quantitative estimate of drug-likeness (QED) is 0.892. The van der Waals surface area contributed by atoms with Gasteiger partial charge in [-0.1, -0.05) is 23.7 Å². The molecule has 0 spiro atoms. The molecule has 0 saturated carbocycles. The lowest BCUT2D eigenvalue weighted by Gasteiger charge is -2.13. The van der Waals surface area contributed by atoms with Gasteiger partial charge in [-0.25, -0.2) is 4.98 Å². The van der Waals surface area contributed by atoms with E-state index in [9.17, 15) is 4.79 Å². The zero-order chi connectivity index (χ0) is 14.5. The molecule has 0 radical (unpaired) electrons. The average molecular weight is 310 g/mol. The maximum atomic E-state index is 12.1. The second-order valence-corrected chi connectivity index (χ2v) is 5.79. The Balaban J connectivity index is 2.03. The van der Waals surface area contributed by atoms with Crippen LogP contribution in [0.25, 0.3) is 0 Å². The van der Waals surface area contributed by atoms with Crippen molar-refractivity contribution in [2.24, 2.45) is 5.73 Å². The molecule has 0 unspecified atom stereocenters. The van der Waals surface area contributed by atoms with Crippen LogP contribution in [-0.2, 0) is 6.42 Å². The van der Waals surface area contributed by atoms with Gasteiger partial charge in [0.1, 0.15) is 5.69 Å². The number of thiazole rings is 1. The van der Waals surface area contributed by atoms with Gasteiger partial charge in [-0.3, -0.25) is 4.79 Å². The van der Waals surface area contributed by atoms with Crippen LogP contribution in [0.1, 0.15) is 34.0 Å². The van der Waals surface area contributed by atoms with Gasteiger partial charge < -0.3 is 11.1 Å². The van der Waals surface area contributed by atoms with Crippen LogP contribution in [0.5, 0.6) is 0 Å². The Kier molecular flexibility index (Phi) is 5.11. The summed E-state index contributed by atoms with van der Waals surface area (Å²) in [6, 6.07) is 7.31. The molecule has 1 amide bonds. The molecule has 6 heteroatoms. The van der Waals surface area contributed by atoms with E-state index in [1.165, 1.54) is 11.3 Å². The molecule has 1 atom stereocenters. The molecule has 2 aromatic rings. The van der Waals surface area contributed by atoms with Gasteiger partial charge in [0.2, 0.25) is 0 Å². The Bertz CT molecular complexity index is 600. The van der Waals surface area contributed by atoms with E-state index in [0.717, 1.165) is 10.6 Å². The molecule has 0 bridgehead atoms. The van der Waals surface area contributed by atoms with Gasteiger partial charge >= 0.3 is 0 Å². The fourth-order valence-corrected chi connectivity index (χ4v) is 2.78. The van der Waals surface area contributed by atoms with E-state index < -0.39 is 0 Å². The predicted molar refractivity (Wildman–Crippen MR) is 82.2 cm³/mol. The van der Waals surface area contributed by atoms with Crippen molar-refractivity contribution in [3.8, 4) is 0 Å². The van der Waals surface area contributed by atoms with Crippen molar-refractivity contribution in [3.63, 3.8) is 0 Å². The van der Waals surface area contributed by atoms with Gasteiger partial charge in [0.15, 0.2) is 0 Å². The first kappa shape index (κ1) is 15.0. The van der Waals surface area contributed by atoms with Crippen LogP contribution in [0.4, 0.5) is 0 Å². The summed E-state index contributed by atoms with van der Waals surface area (Å²) in [5.74, 6) is -0.183. The highest BCUT2D eigenvalue weighted by Crippen LogP contribution is 2.18. The number of carbonyl (C=O) groups is 1.